The fourth-order valence-corrected chi connectivity index (χ4v) is 8.74. The van der Waals surface area contributed by atoms with Gasteiger partial charge >= 0.3 is 6.03 Å². The van der Waals surface area contributed by atoms with Gasteiger partial charge in [-0.15, -0.1) is 0 Å². The van der Waals surface area contributed by atoms with Crippen LogP contribution in [-0.4, -0.2) is 83.0 Å². The van der Waals surface area contributed by atoms with E-state index in [0.29, 0.717) is 48.1 Å². The van der Waals surface area contributed by atoms with Crippen LogP contribution in [0.15, 0.2) is 66.9 Å². The Morgan fingerprint density at radius 2 is 1.73 bits per heavy atom. The number of nitriles is 1. The Balaban J connectivity index is 0.814. The predicted octanol–water partition coefficient (Wildman–Crippen LogP) is 5.95. The molecule has 4 heterocycles. The molecular weight excluding hydrogens is 718 g/mol. The van der Waals surface area contributed by atoms with Crippen molar-refractivity contribution in [2.75, 3.05) is 37.6 Å². The third-order valence-corrected chi connectivity index (χ3v) is 11.9. The van der Waals surface area contributed by atoms with E-state index in [0.717, 1.165) is 80.2 Å². The molecule has 55 heavy (non-hydrogen) atoms. The second-order valence-corrected chi connectivity index (χ2v) is 15.5. The monoisotopic (exact) mass is 761 g/mol. The second-order valence-electron chi connectivity index (χ2n) is 15.1. The number of imide groups is 1. The Morgan fingerprint density at radius 1 is 0.909 bits per heavy atom. The van der Waals surface area contributed by atoms with E-state index < -0.39 is 0 Å². The number of nitrogens with one attached hydrogen (secondary N) is 2. The van der Waals surface area contributed by atoms with Crippen molar-refractivity contribution in [2.45, 2.75) is 76.1 Å². The molecule has 3 aliphatic heterocycles. The first-order chi connectivity index (χ1) is 26.7. The highest BCUT2D eigenvalue weighted by Crippen LogP contribution is 2.34. The fourth-order valence-electron chi connectivity index (χ4n) is 8.52. The smallest absolute Gasteiger partial charge is 0.328 e. The molecule has 4 aliphatic rings. The van der Waals surface area contributed by atoms with Gasteiger partial charge in [0.05, 0.1) is 34.4 Å². The van der Waals surface area contributed by atoms with Gasteiger partial charge in [0, 0.05) is 74.4 Å². The van der Waals surface area contributed by atoms with E-state index in [1.54, 1.807) is 23.1 Å². The summed E-state index contributed by atoms with van der Waals surface area (Å²) in [5.41, 5.74) is 5.09. The molecule has 0 radical (unpaired) electrons. The van der Waals surface area contributed by atoms with E-state index in [4.69, 9.17) is 21.6 Å². The van der Waals surface area contributed by atoms with Crippen LogP contribution in [0.4, 0.5) is 10.5 Å². The van der Waals surface area contributed by atoms with Crippen molar-refractivity contribution in [3.05, 3.63) is 94.1 Å². The number of likely N-dealkylation sites (tertiary alicyclic amines) is 1. The number of rotatable bonds is 8. The zero-order valence-corrected chi connectivity index (χ0v) is 31.4. The topological polar surface area (TPSA) is 140 Å². The van der Waals surface area contributed by atoms with Crippen LogP contribution in [0.25, 0.3) is 10.9 Å². The standard InChI is InChI=1S/C42H44ClN7O5/c43-36-23-34(9-6-29(36)24-44)55-33-10-7-31(8-11-33)45-41(53)28-5-4-27-12-19-48(25-30(27)22-28)40(52)26-47-17-13-32(14-18-47)49-20-15-35-37(49)2-1-3-38(35)50-21-16-39(51)46-42(50)54/h1-6,9,15,20,22-23,31-33H,7-8,10-14,16-19,21,25-26H2,(H,45,53)(H,46,51,54). The van der Waals surface area contributed by atoms with Crippen LogP contribution in [0, 0.1) is 11.3 Å². The number of amides is 5. The number of piperidine rings is 1. The molecule has 4 aromatic rings. The van der Waals surface area contributed by atoms with Crippen LogP contribution in [0.1, 0.15) is 78.0 Å². The summed E-state index contributed by atoms with van der Waals surface area (Å²) >= 11 is 6.17. The molecule has 0 spiro atoms. The summed E-state index contributed by atoms with van der Waals surface area (Å²) in [5.74, 6) is 0.406. The molecule has 1 aromatic heterocycles. The molecular formula is C42H44ClN7O5. The number of ether oxygens (including phenoxy) is 1. The lowest BCUT2D eigenvalue weighted by Crippen LogP contribution is -2.49. The number of aromatic nitrogens is 1. The van der Waals surface area contributed by atoms with Gasteiger partial charge in [0.2, 0.25) is 11.8 Å². The average Bonchev–Trinajstić information content (AvgIpc) is 3.63. The quantitative estimate of drug-likeness (QED) is 0.226. The number of nitrogens with zero attached hydrogens (tertiary/aromatic N) is 5. The van der Waals surface area contributed by atoms with Gasteiger partial charge in [-0.1, -0.05) is 23.7 Å². The minimum absolute atomic E-state index is 0.0241. The zero-order chi connectivity index (χ0) is 38.1. The van der Waals surface area contributed by atoms with E-state index in [1.165, 1.54) is 5.56 Å². The zero-order valence-electron chi connectivity index (χ0n) is 30.6. The second kappa shape index (κ2) is 15.8. The Kier molecular flexibility index (Phi) is 10.5. The first kappa shape index (κ1) is 36.6. The molecule has 0 atom stereocenters. The van der Waals surface area contributed by atoms with Crippen LogP contribution in [-0.2, 0) is 22.6 Å². The Morgan fingerprint density at radius 3 is 2.49 bits per heavy atom. The maximum Gasteiger partial charge on any atom is 0.328 e. The summed E-state index contributed by atoms with van der Waals surface area (Å²) in [6.45, 7) is 3.49. The van der Waals surface area contributed by atoms with Gasteiger partial charge in [-0.3, -0.25) is 29.5 Å². The molecule has 1 saturated carbocycles. The Labute approximate surface area is 324 Å². The number of benzene rings is 3. The third-order valence-electron chi connectivity index (χ3n) is 11.6. The van der Waals surface area contributed by atoms with Gasteiger partial charge in [0.15, 0.2) is 0 Å². The van der Waals surface area contributed by atoms with Gasteiger partial charge in [0.1, 0.15) is 11.8 Å². The van der Waals surface area contributed by atoms with Gasteiger partial charge < -0.3 is 19.5 Å². The molecule has 2 N–H and O–H groups in total. The highest BCUT2D eigenvalue weighted by Gasteiger charge is 2.30. The van der Waals surface area contributed by atoms with Crippen molar-refractivity contribution in [3.63, 3.8) is 0 Å². The summed E-state index contributed by atoms with van der Waals surface area (Å²) in [7, 11) is 0. The molecule has 1 aliphatic carbocycles. The molecule has 0 bridgehead atoms. The van der Waals surface area contributed by atoms with Crippen LogP contribution >= 0.6 is 11.6 Å². The van der Waals surface area contributed by atoms with E-state index in [9.17, 15) is 19.2 Å². The first-order valence-electron chi connectivity index (χ1n) is 19.2. The highest BCUT2D eigenvalue weighted by atomic mass is 35.5. The molecule has 5 amide bonds. The maximum absolute atomic E-state index is 13.6. The van der Waals surface area contributed by atoms with Gasteiger partial charge in [-0.2, -0.15) is 5.26 Å². The number of carbonyl (C=O) groups excluding carboxylic acids is 4. The molecule has 0 unspecified atom stereocenters. The van der Waals surface area contributed by atoms with Crippen molar-refractivity contribution in [3.8, 4) is 11.8 Å². The number of urea groups is 1. The van der Waals surface area contributed by atoms with E-state index >= 15 is 0 Å². The average molecular weight is 762 g/mol. The Hall–Kier alpha value is -5.38. The normalized spacial score (nSPS) is 20.8. The largest absolute Gasteiger partial charge is 0.490 e. The minimum Gasteiger partial charge on any atom is -0.490 e. The van der Waals surface area contributed by atoms with Gasteiger partial charge in [-0.05, 0) is 98.5 Å². The molecule has 13 heteroatoms. The summed E-state index contributed by atoms with van der Waals surface area (Å²) < 4.78 is 8.40. The number of anilines is 1. The third kappa shape index (κ3) is 7.90. The summed E-state index contributed by atoms with van der Waals surface area (Å²) in [4.78, 5) is 57.0. The van der Waals surface area contributed by atoms with Gasteiger partial charge in [0.25, 0.3) is 5.91 Å². The van der Waals surface area contributed by atoms with Crippen LogP contribution < -0.4 is 20.3 Å². The fraction of sp³-hybridized carbons (Fsp3) is 0.405. The Bertz CT molecular complexity index is 2180. The van der Waals surface area contributed by atoms with Crippen molar-refractivity contribution < 1.29 is 23.9 Å². The molecule has 8 rings (SSSR count). The molecule has 3 fully saturated rings. The van der Waals surface area contributed by atoms with E-state index in [-0.39, 0.29) is 48.4 Å². The maximum atomic E-state index is 13.6. The lowest BCUT2D eigenvalue weighted by atomic mass is 9.92. The lowest BCUT2D eigenvalue weighted by molar-refractivity contribution is -0.133. The van der Waals surface area contributed by atoms with Crippen molar-refractivity contribution >= 4 is 51.9 Å². The molecule has 3 aromatic carbocycles. The van der Waals surface area contributed by atoms with Gasteiger partial charge in [-0.25, -0.2) is 4.79 Å². The number of halogens is 1. The number of carbonyl (C=O) groups is 4. The number of hydrogen-bond donors (Lipinski definition) is 2. The van der Waals surface area contributed by atoms with Crippen LogP contribution in [0.2, 0.25) is 5.02 Å². The molecule has 284 valence electrons. The van der Waals surface area contributed by atoms with Crippen molar-refractivity contribution in [2.24, 2.45) is 0 Å². The number of hydrogen-bond acceptors (Lipinski definition) is 7. The van der Waals surface area contributed by atoms with E-state index in [2.05, 4.69) is 38.4 Å². The summed E-state index contributed by atoms with van der Waals surface area (Å²) in [5, 5.41) is 16.1. The predicted molar refractivity (Wildman–Crippen MR) is 208 cm³/mol. The first-order valence-corrected chi connectivity index (χ1v) is 19.6. The molecule has 12 nitrogen and oxygen atoms in total. The molecule has 2 saturated heterocycles. The summed E-state index contributed by atoms with van der Waals surface area (Å²) in [6.07, 6.45) is 8.17. The summed E-state index contributed by atoms with van der Waals surface area (Å²) in [6, 6.07) is 21.0. The number of fused-ring (bicyclic) bond motifs is 2. The highest BCUT2D eigenvalue weighted by molar-refractivity contribution is 6.31. The minimum atomic E-state index is -0.386. The SMILES string of the molecule is N#Cc1ccc(OC2CCC(NC(=O)c3ccc4c(c3)CN(C(=O)CN3CCC(n5ccc6c(N7CCC(=O)NC7=O)cccc65)CC3)CC4)CC2)cc1Cl. The van der Waals surface area contributed by atoms with E-state index in [1.807, 2.05) is 41.3 Å². The lowest BCUT2D eigenvalue weighted by Gasteiger charge is -2.35. The van der Waals surface area contributed by atoms with Crippen molar-refractivity contribution in [1.29, 1.82) is 5.26 Å². The van der Waals surface area contributed by atoms with Crippen LogP contribution in [0.3, 0.4) is 0 Å². The van der Waals surface area contributed by atoms with Crippen molar-refractivity contribution in [1.82, 2.24) is 25.0 Å². The van der Waals surface area contributed by atoms with Crippen LogP contribution in [0.5, 0.6) is 5.75 Å².